The van der Waals surface area contributed by atoms with Gasteiger partial charge in [0.05, 0.1) is 20.5 Å². The van der Waals surface area contributed by atoms with Crippen molar-refractivity contribution in [3.63, 3.8) is 0 Å². The fraction of sp³-hybridized carbons (Fsp3) is 0. The van der Waals surface area contributed by atoms with Crippen LogP contribution in [0.1, 0.15) is 0 Å². The molecule has 12 heteroatoms. The Kier molecular flexibility index (Phi) is 5.75. The minimum atomic E-state index is -4.01. The van der Waals surface area contributed by atoms with Crippen molar-refractivity contribution in [3.05, 3.63) is 98.1 Å². The predicted molar refractivity (Wildman–Crippen MR) is 121 cm³/mol. The molecule has 9 nitrogen and oxygen atoms in total. The number of nitro benzene ring substituents is 1. The van der Waals surface area contributed by atoms with Crippen LogP contribution in [0.4, 0.5) is 27.1 Å². The summed E-state index contributed by atoms with van der Waals surface area (Å²) in [6.45, 7) is 0. The quantitative estimate of drug-likeness (QED) is 0.220. The topological polar surface area (TPSA) is 132 Å². The van der Waals surface area contributed by atoms with Crippen LogP contribution in [0.2, 0.25) is 5.02 Å². The molecule has 4 aromatic rings. The molecule has 0 fully saturated rings. The van der Waals surface area contributed by atoms with E-state index in [1.54, 1.807) is 0 Å². The van der Waals surface area contributed by atoms with Crippen LogP contribution < -0.4 is 15.7 Å². The van der Waals surface area contributed by atoms with Crippen molar-refractivity contribution in [2.45, 2.75) is 4.90 Å². The minimum absolute atomic E-state index is 0.165. The number of non-ortho nitro benzene ring substituents is 1. The van der Waals surface area contributed by atoms with E-state index in [-0.39, 0.29) is 32.6 Å². The maximum absolute atomic E-state index is 13.3. The van der Waals surface area contributed by atoms with Gasteiger partial charge in [0.15, 0.2) is 0 Å². The number of hydrogen-bond donors (Lipinski definition) is 2. The molecule has 0 aliphatic carbocycles. The lowest BCUT2D eigenvalue weighted by atomic mass is 10.1. The summed E-state index contributed by atoms with van der Waals surface area (Å²) in [5, 5.41) is 14.1. The highest BCUT2D eigenvalue weighted by Crippen LogP contribution is 2.29. The molecule has 1 aromatic heterocycles. The lowest BCUT2D eigenvalue weighted by molar-refractivity contribution is -0.384. The molecule has 4 rings (SSSR count). The minimum Gasteiger partial charge on any atom is -0.423 e. The highest BCUT2D eigenvalue weighted by molar-refractivity contribution is 7.92. The molecule has 0 aliphatic rings. The number of nitrogens with zero attached hydrogens (tertiary/aromatic N) is 1. The molecule has 2 N–H and O–H groups in total. The Bertz CT molecular complexity index is 1560. The standard InChI is InChI=1S/C21H13ClFN3O6S/c22-17-10-15(6-7-18(17)23)33(30,31)25-13-3-1-12(2-4-13)24-19-11-21(27)32-20-8-5-14(26(28)29)9-16(19)20/h1-11,24-25H. The molecule has 0 amide bonds. The van der Waals surface area contributed by atoms with Gasteiger partial charge < -0.3 is 9.73 Å². The van der Waals surface area contributed by atoms with Crippen molar-refractivity contribution in [1.29, 1.82) is 0 Å². The first kappa shape index (κ1) is 22.2. The van der Waals surface area contributed by atoms with Crippen molar-refractivity contribution >= 4 is 55.3 Å². The molecule has 33 heavy (non-hydrogen) atoms. The van der Waals surface area contributed by atoms with Crippen molar-refractivity contribution in [3.8, 4) is 0 Å². The zero-order chi connectivity index (χ0) is 23.8. The summed E-state index contributed by atoms with van der Waals surface area (Å²) in [4.78, 5) is 22.2. The van der Waals surface area contributed by atoms with E-state index in [9.17, 15) is 27.7 Å². The summed E-state index contributed by atoms with van der Waals surface area (Å²) in [5.41, 5.74) is 0.304. The Morgan fingerprint density at radius 1 is 0.970 bits per heavy atom. The average Bonchev–Trinajstić information content (AvgIpc) is 2.76. The summed E-state index contributed by atoms with van der Waals surface area (Å²) in [5.74, 6) is -0.737. The summed E-state index contributed by atoms with van der Waals surface area (Å²) < 4.78 is 45.7. The Balaban J connectivity index is 1.60. The van der Waals surface area contributed by atoms with Gasteiger partial charge in [-0.3, -0.25) is 14.8 Å². The summed E-state index contributed by atoms with van der Waals surface area (Å²) in [7, 11) is -4.01. The van der Waals surface area contributed by atoms with Crippen LogP contribution in [0.15, 0.2) is 80.8 Å². The first-order chi connectivity index (χ1) is 15.6. The van der Waals surface area contributed by atoms with Crippen LogP contribution in [0.25, 0.3) is 11.0 Å². The van der Waals surface area contributed by atoms with Gasteiger partial charge in [-0.05, 0) is 48.5 Å². The monoisotopic (exact) mass is 489 g/mol. The Morgan fingerprint density at radius 3 is 2.33 bits per heavy atom. The van der Waals surface area contributed by atoms with Gasteiger partial charge in [-0.2, -0.15) is 0 Å². The molecule has 1 heterocycles. The fourth-order valence-corrected chi connectivity index (χ4v) is 4.33. The van der Waals surface area contributed by atoms with Gasteiger partial charge in [0.1, 0.15) is 11.4 Å². The van der Waals surface area contributed by atoms with Gasteiger partial charge in [-0.15, -0.1) is 0 Å². The van der Waals surface area contributed by atoms with E-state index in [0.717, 1.165) is 24.3 Å². The molecule has 0 atom stereocenters. The fourth-order valence-electron chi connectivity index (χ4n) is 3.00. The number of sulfonamides is 1. The Hall–Kier alpha value is -3.96. The molecule has 0 spiro atoms. The number of fused-ring (bicyclic) bond motifs is 1. The van der Waals surface area contributed by atoms with Crippen LogP contribution in [0.5, 0.6) is 0 Å². The van der Waals surface area contributed by atoms with Gasteiger partial charge >= 0.3 is 5.63 Å². The molecule has 3 aromatic carbocycles. The largest absolute Gasteiger partial charge is 0.423 e. The first-order valence-corrected chi connectivity index (χ1v) is 11.1. The second-order valence-electron chi connectivity index (χ2n) is 6.80. The normalized spacial score (nSPS) is 11.3. The zero-order valence-electron chi connectivity index (χ0n) is 16.4. The number of rotatable bonds is 6. The zero-order valence-corrected chi connectivity index (χ0v) is 18.0. The number of anilines is 3. The molecule has 0 bridgehead atoms. The molecular weight excluding hydrogens is 477 g/mol. The number of hydrogen-bond acceptors (Lipinski definition) is 7. The van der Waals surface area contributed by atoms with E-state index in [2.05, 4.69) is 10.0 Å². The van der Waals surface area contributed by atoms with E-state index < -0.39 is 26.4 Å². The molecule has 0 aliphatic heterocycles. The van der Waals surface area contributed by atoms with Crippen LogP contribution in [0.3, 0.4) is 0 Å². The van der Waals surface area contributed by atoms with E-state index in [0.29, 0.717) is 11.1 Å². The highest BCUT2D eigenvalue weighted by Gasteiger charge is 2.16. The van der Waals surface area contributed by atoms with Crippen molar-refractivity contribution in [2.75, 3.05) is 10.0 Å². The maximum atomic E-state index is 13.3. The van der Waals surface area contributed by atoms with Crippen LogP contribution in [-0.4, -0.2) is 13.3 Å². The second-order valence-corrected chi connectivity index (χ2v) is 8.89. The van der Waals surface area contributed by atoms with Gasteiger partial charge in [-0.1, -0.05) is 11.6 Å². The maximum Gasteiger partial charge on any atom is 0.338 e. The van der Waals surface area contributed by atoms with E-state index >= 15 is 0 Å². The van der Waals surface area contributed by atoms with E-state index in [1.807, 2.05) is 0 Å². The number of benzene rings is 3. The third-order valence-electron chi connectivity index (χ3n) is 4.55. The molecular formula is C21H13ClFN3O6S. The third-order valence-corrected chi connectivity index (χ3v) is 6.22. The van der Waals surface area contributed by atoms with Crippen molar-refractivity contribution in [2.24, 2.45) is 0 Å². The Labute approximate surface area is 190 Å². The molecule has 0 radical (unpaired) electrons. The van der Waals surface area contributed by atoms with Crippen molar-refractivity contribution in [1.82, 2.24) is 0 Å². The van der Waals surface area contributed by atoms with E-state index in [4.69, 9.17) is 16.0 Å². The van der Waals surface area contributed by atoms with Gasteiger partial charge in [0, 0.05) is 35.0 Å². The van der Waals surface area contributed by atoms with E-state index in [1.165, 1.54) is 42.5 Å². The summed E-state index contributed by atoms with van der Waals surface area (Å²) in [6.07, 6.45) is 0. The third kappa shape index (κ3) is 4.78. The number of halogens is 2. The highest BCUT2D eigenvalue weighted by atomic mass is 35.5. The summed E-state index contributed by atoms with van der Waals surface area (Å²) >= 11 is 5.66. The average molecular weight is 490 g/mol. The predicted octanol–water partition coefficient (Wildman–Crippen LogP) is 5.04. The number of nitrogens with one attached hydrogen (secondary N) is 2. The van der Waals surface area contributed by atoms with Gasteiger partial charge in [0.25, 0.3) is 15.7 Å². The molecule has 0 unspecified atom stereocenters. The molecule has 0 saturated heterocycles. The lowest BCUT2D eigenvalue weighted by Crippen LogP contribution is -2.13. The van der Waals surface area contributed by atoms with Gasteiger partial charge in [0.2, 0.25) is 0 Å². The molecule has 168 valence electrons. The number of nitro groups is 1. The lowest BCUT2D eigenvalue weighted by Gasteiger charge is -2.11. The second kappa shape index (κ2) is 8.52. The summed E-state index contributed by atoms with van der Waals surface area (Å²) in [6, 6.07) is 14.0. The van der Waals surface area contributed by atoms with Crippen molar-refractivity contribution < 1.29 is 22.1 Å². The van der Waals surface area contributed by atoms with Crippen LogP contribution in [-0.2, 0) is 10.0 Å². The Morgan fingerprint density at radius 2 is 1.67 bits per heavy atom. The van der Waals surface area contributed by atoms with Crippen LogP contribution in [0, 0.1) is 15.9 Å². The van der Waals surface area contributed by atoms with Gasteiger partial charge in [-0.25, -0.2) is 17.6 Å². The first-order valence-electron chi connectivity index (χ1n) is 9.20. The SMILES string of the molecule is O=c1cc(Nc2ccc(NS(=O)(=O)c3ccc(F)c(Cl)c3)cc2)c2cc([N+](=O)[O-])ccc2o1. The molecule has 0 saturated carbocycles. The van der Waals surface area contributed by atoms with Crippen LogP contribution >= 0.6 is 11.6 Å². The smallest absolute Gasteiger partial charge is 0.338 e.